The van der Waals surface area contributed by atoms with Crippen molar-refractivity contribution in [2.24, 2.45) is 5.41 Å². The zero-order valence-electron chi connectivity index (χ0n) is 20.0. The maximum atomic E-state index is 12.6. The van der Waals surface area contributed by atoms with E-state index in [4.69, 9.17) is 14.2 Å². The van der Waals surface area contributed by atoms with E-state index in [1.807, 2.05) is 22.8 Å². The van der Waals surface area contributed by atoms with Crippen molar-refractivity contribution in [3.8, 4) is 17.0 Å². The lowest BCUT2D eigenvalue weighted by atomic mass is 9.77. The molecule has 34 heavy (non-hydrogen) atoms. The number of aromatic carboxylic acids is 1. The largest absolute Gasteiger partial charge is 0.497 e. The third-order valence-electron chi connectivity index (χ3n) is 6.94. The molecule has 2 aromatic rings. The fourth-order valence-corrected chi connectivity index (χ4v) is 5.55. The van der Waals surface area contributed by atoms with Crippen molar-refractivity contribution in [3.63, 3.8) is 0 Å². The van der Waals surface area contributed by atoms with Gasteiger partial charge < -0.3 is 23.9 Å². The zero-order valence-corrected chi connectivity index (χ0v) is 20.0. The molecule has 4 rings (SSSR count). The minimum absolute atomic E-state index is 0.0462. The van der Waals surface area contributed by atoms with Crippen LogP contribution < -0.4 is 10.2 Å². The van der Waals surface area contributed by atoms with E-state index in [1.54, 1.807) is 14.0 Å². The molecule has 0 radical (unpaired) electrons. The first-order valence-corrected chi connectivity index (χ1v) is 11.6. The number of carboxylic acids is 1. The molecule has 182 valence electrons. The second kappa shape index (κ2) is 9.25. The molecule has 1 aromatic carbocycles. The number of nitrogens with zero attached hydrogens (tertiary/aromatic N) is 1. The maximum Gasteiger partial charge on any atom is 0.341 e. The number of hydrogen-bond acceptors (Lipinski definition) is 6. The number of carbonyl (C=O) groups excluding carboxylic acids is 1. The number of rotatable bonds is 8. The van der Waals surface area contributed by atoms with Crippen molar-refractivity contribution < 1.29 is 28.9 Å². The van der Waals surface area contributed by atoms with Gasteiger partial charge in [-0.15, -0.1) is 0 Å². The quantitative estimate of drug-likeness (QED) is 0.460. The minimum atomic E-state index is -1.24. The first kappa shape index (κ1) is 24.0. The van der Waals surface area contributed by atoms with E-state index in [0.29, 0.717) is 37.5 Å². The molecule has 0 saturated heterocycles. The summed E-state index contributed by atoms with van der Waals surface area (Å²) in [5.41, 5.74) is 1.58. The molecule has 1 aromatic heterocycles. The van der Waals surface area contributed by atoms with Crippen LogP contribution in [0.15, 0.2) is 35.3 Å². The molecule has 8 heteroatoms. The number of benzene rings is 1. The second-order valence-corrected chi connectivity index (χ2v) is 9.58. The summed E-state index contributed by atoms with van der Waals surface area (Å²) in [5, 5.41) is 9.60. The Labute approximate surface area is 198 Å². The van der Waals surface area contributed by atoms with Crippen LogP contribution in [0.2, 0.25) is 0 Å². The van der Waals surface area contributed by atoms with E-state index in [1.165, 1.54) is 12.3 Å². The first-order valence-electron chi connectivity index (χ1n) is 11.6. The molecule has 0 spiro atoms. The molecule has 8 nitrogen and oxygen atoms in total. The van der Waals surface area contributed by atoms with Gasteiger partial charge in [0.1, 0.15) is 11.3 Å². The predicted octanol–water partition coefficient (Wildman–Crippen LogP) is 4.02. The highest BCUT2D eigenvalue weighted by Gasteiger charge is 2.53. The molecular weight excluding hydrogens is 438 g/mol. The molecule has 0 amide bonds. The highest BCUT2D eigenvalue weighted by molar-refractivity contribution is 5.88. The van der Waals surface area contributed by atoms with Crippen molar-refractivity contribution in [1.29, 1.82) is 0 Å². The van der Waals surface area contributed by atoms with Crippen molar-refractivity contribution in [3.05, 3.63) is 51.8 Å². The number of aromatic nitrogens is 1. The van der Waals surface area contributed by atoms with E-state index in [9.17, 15) is 19.5 Å². The van der Waals surface area contributed by atoms with E-state index < -0.39 is 11.4 Å². The van der Waals surface area contributed by atoms with Gasteiger partial charge in [0.25, 0.3) is 0 Å². The molecule has 1 fully saturated rings. The first-order chi connectivity index (χ1) is 16.2. The zero-order chi connectivity index (χ0) is 24.6. The lowest BCUT2D eigenvalue weighted by molar-refractivity contribution is -0.143. The standard InChI is InChI=1S/C26H31NO7/c1-5-33-22(29)7-6-10-34-21-13-26(2,3)24-23(21)16-9-8-15(32-4)11-17(16)19-12-20(28)18(25(30)31)14-27(19)24/h8-9,11-12,14,21,23-24H,5-7,10,13H2,1-4H3,(H,30,31). The number of methoxy groups -OCH3 is 1. The van der Waals surface area contributed by atoms with Gasteiger partial charge >= 0.3 is 11.9 Å². The van der Waals surface area contributed by atoms with Crippen LogP contribution >= 0.6 is 0 Å². The van der Waals surface area contributed by atoms with Gasteiger partial charge in [0.2, 0.25) is 0 Å². The molecule has 0 bridgehead atoms. The monoisotopic (exact) mass is 469 g/mol. The average Bonchev–Trinajstić information content (AvgIpc) is 3.06. The van der Waals surface area contributed by atoms with Gasteiger partial charge in [-0.2, -0.15) is 0 Å². The molecule has 1 aliphatic carbocycles. The van der Waals surface area contributed by atoms with E-state index in [2.05, 4.69) is 13.8 Å². The van der Waals surface area contributed by atoms with Crippen molar-refractivity contribution in [1.82, 2.24) is 4.57 Å². The molecule has 1 aliphatic heterocycles. The van der Waals surface area contributed by atoms with Crippen LogP contribution in [0.1, 0.15) is 67.9 Å². The van der Waals surface area contributed by atoms with Crippen LogP contribution in [-0.2, 0) is 14.3 Å². The number of hydrogen-bond donors (Lipinski definition) is 1. The van der Waals surface area contributed by atoms with Gasteiger partial charge in [-0.25, -0.2) is 4.79 Å². The smallest absolute Gasteiger partial charge is 0.341 e. The molecule has 1 N–H and O–H groups in total. The number of fused-ring (bicyclic) bond motifs is 6. The van der Waals surface area contributed by atoms with Gasteiger partial charge in [-0.1, -0.05) is 19.9 Å². The Kier molecular flexibility index (Phi) is 6.53. The lowest BCUT2D eigenvalue weighted by Gasteiger charge is -2.40. The number of carboxylic acid groups (broad SMARTS) is 1. The number of esters is 1. The summed E-state index contributed by atoms with van der Waals surface area (Å²) in [6.45, 7) is 6.85. The molecule has 3 unspecified atom stereocenters. The average molecular weight is 470 g/mol. The van der Waals surface area contributed by atoms with Gasteiger partial charge in [-0.3, -0.25) is 9.59 Å². The van der Waals surface area contributed by atoms with E-state index in [-0.39, 0.29) is 35.0 Å². The van der Waals surface area contributed by atoms with Crippen molar-refractivity contribution in [2.45, 2.75) is 58.1 Å². The topological polar surface area (TPSA) is 104 Å². The number of ether oxygens (including phenoxy) is 3. The number of carbonyl (C=O) groups is 2. The summed E-state index contributed by atoms with van der Waals surface area (Å²) in [7, 11) is 1.59. The third-order valence-corrected chi connectivity index (χ3v) is 6.94. The van der Waals surface area contributed by atoms with Crippen LogP contribution in [0.3, 0.4) is 0 Å². The Balaban J connectivity index is 1.74. The minimum Gasteiger partial charge on any atom is -0.497 e. The van der Waals surface area contributed by atoms with Crippen molar-refractivity contribution >= 4 is 11.9 Å². The Morgan fingerprint density at radius 2 is 2.00 bits per heavy atom. The highest BCUT2D eigenvalue weighted by atomic mass is 16.5. The van der Waals surface area contributed by atoms with E-state index >= 15 is 0 Å². The Morgan fingerprint density at radius 1 is 1.24 bits per heavy atom. The van der Waals surface area contributed by atoms with Gasteiger partial charge in [-0.05, 0) is 42.9 Å². The van der Waals surface area contributed by atoms with E-state index in [0.717, 1.165) is 17.5 Å². The van der Waals surface area contributed by atoms with Gasteiger partial charge in [0, 0.05) is 42.8 Å². The molecular formula is C26H31NO7. The van der Waals surface area contributed by atoms with Gasteiger partial charge in [0.05, 0.1) is 25.5 Å². The van der Waals surface area contributed by atoms with Crippen LogP contribution in [0.5, 0.6) is 5.75 Å². The lowest BCUT2D eigenvalue weighted by Crippen LogP contribution is -2.33. The van der Waals surface area contributed by atoms with Gasteiger partial charge in [0.15, 0.2) is 5.43 Å². The predicted molar refractivity (Wildman–Crippen MR) is 125 cm³/mol. The summed E-state index contributed by atoms with van der Waals surface area (Å²) in [6, 6.07) is 7.12. The Bertz CT molecular complexity index is 1170. The van der Waals surface area contributed by atoms with Crippen molar-refractivity contribution in [2.75, 3.05) is 20.3 Å². The highest BCUT2D eigenvalue weighted by Crippen LogP contribution is 2.59. The number of pyridine rings is 1. The summed E-state index contributed by atoms with van der Waals surface area (Å²) in [4.78, 5) is 36.0. The maximum absolute atomic E-state index is 12.6. The fraction of sp³-hybridized carbons (Fsp3) is 0.500. The van der Waals surface area contributed by atoms with Crippen LogP contribution in [0, 0.1) is 5.41 Å². The summed E-state index contributed by atoms with van der Waals surface area (Å²) < 4.78 is 18.7. The van der Waals surface area contributed by atoms with Crippen LogP contribution in [0.4, 0.5) is 0 Å². The summed E-state index contributed by atoms with van der Waals surface area (Å²) in [5.74, 6) is -0.862. The van der Waals surface area contributed by atoms with Crippen LogP contribution in [0.25, 0.3) is 11.3 Å². The third kappa shape index (κ3) is 4.22. The fourth-order valence-electron chi connectivity index (χ4n) is 5.55. The molecule has 3 atom stereocenters. The molecule has 2 aliphatic rings. The normalized spacial score (nSPS) is 21.8. The SMILES string of the molecule is CCOC(=O)CCCOC1CC(C)(C)C2C1c1ccc(OC)cc1-c1cc(=O)c(C(=O)O)cn12. The Hall–Kier alpha value is -3.13. The molecule has 2 heterocycles. The second-order valence-electron chi connectivity index (χ2n) is 9.58. The molecule has 1 saturated carbocycles. The summed E-state index contributed by atoms with van der Waals surface area (Å²) >= 11 is 0. The summed E-state index contributed by atoms with van der Waals surface area (Å²) in [6.07, 6.45) is 2.97. The van der Waals surface area contributed by atoms with Crippen LogP contribution in [-0.4, -0.2) is 48.0 Å². The Morgan fingerprint density at radius 3 is 2.68 bits per heavy atom.